The van der Waals surface area contributed by atoms with Gasteiger partial charge in [-0.25, -0.2) is 4.99 Å². The fourth-order valence-corrected chi connectivity index (χ4v) is 6.01. The van der Waals surface area contributed by atoms with E-state index in [0.717, 1.165) is 29.0 Å². The zero-order valence-corrected chi connectivity index (χ0v) is 25.1. The molecule has 2 aromatic carbocycles. The minimum absolute atomic E-state index is 0.0434. The monoisotopic (exact) mass is 633 g/mol. The van der Waals surface area contributed by atoms with E-state index in [1.54, 1.807) is 50.3 Å². The van der Waals surface area contributed by atoms with Gasteiger partial charge in [-0.15, -0.1) is 0 Å². The first-order valence-corrected chi connectivity index (χ1v) is 14.6. The number of rotatable bonds is 7. The molecule has 12 heteroatoms. The van der Waals surface area contributed by atoms with Crippen LogP contribution in [-0.2, 0) is 17.6 Å². The Balaban J connectivity index is 1.31. The van der Waals surface area contributed by atoms with Crippen molar-refractivity contribution in [3.05, 3.63) is 138 Å². The lowest BCUT2D eigenvalue weighted by molar-refractivity contribution is -0.137. The largest absolute Gasteiger partial charge is 0.486 e. The minimum atomic E-state index is -4.49. The zero-order valence-electron chi connectivity index (χ0n) is 24.3. The Morgan fingerprint density at radius 2 is 1.84 bits per heavy atom. The number of benzene rings is 2. The van der Waals surface area contributed by atoms with Gasteiger partial charge in [0.15, 0.2) is 4.80 Å². The minimum Gasteiger partial charge on any atom is -0.486 e. The maximum absolute atomic E-state index is 13.9. The normalized spacial score (nSPS) is 15.2. The molecule has 8 nitrogen and oxygen atoms in total. The number of amides is 1. The summed E-state index contributed by atoms with van der Waals surface area (Å²) in [5, 5.41) is 2.95. The standard InChI is InChI=1S/C33H26F3N3O5S/c1-18-7-4-5-10-25(18)38-30(40)28-20(3)37-32-39(29(28)26-14-11-19(2)43-26)31(41)27(45-32)16-23-12-13-24(44-23)17-42-22-9-6-8-21(15-22)33(34,35)36/h4-16,29H,17H2,1-3H3,(H,38,40)/b27-16+/t29-/m0/s1. The quantitative estimate of drug-likeness (QED) is 0.228. The van der Waals surface area contributed by atoms with Gasteiger partial charge in [-0.05, 0) is 74.9 Å². The average Bonchev–Trinajstić information content (AvgIpc) is 3.71. The topological polar surface area (TPSA) is 99.0 Å². The smallest absolute Gasteiger partial charge is 0.416 e. The third-order valence-electron chi connectivity index (χ3n) is 7.19. The lowest BCUT2D eigenvalue weighted by Crippen LogP contribution is -2.40. The summed E-state index contributed by atoms with van der Waals surface area (Å²) >= 11 is 1.13. The van der Waals surface area contributed by atoms with Gasteiger partial charge in [0.2, 0.25) is 0 Å². The van der Waals surface area contributed by atoms with Gasteiger partial charge in [-0.2, -0.15) is 13.2 Å². The molecule has 1 N–H and O–H groups in total. The molecule has 1 aliphatic heterocycles. The van der Waals surface area contributed by atoms with Crippen molar-refractivity contribution in [2.24, 2.45) is 4.99 Å². The highest BCUT2D eigenvalue weighted by atomic mass is 32.1. The molecule has 1 aliphatic rings. The summed E-state index contributed by atoms with van der Waals surface area (Å²) in [6.45, 7) is 5.27. The molecule has 0 fully saturated rings. The zero-order chi connectivity index (χ0) is 31.9. The molecule has 6 rings (SSSR count). The molecule has 3 aromatic heterocycles. The van der Waals surface area contributed by atoms with E-state index in [9.17, 15) is 22.8 Å². The van der Waals surface area contributed by atoms with Crippen LogP contribution in [0.3, 0.4) is 0 Å². The second-order valence-corrected chi connectivity index (χ2v) is 11.4. The van der Waals surface area contributed by atoms with E-state index in [4.69, 9.17) is 13.6 Å². The van der Waals surface area contributed by atoms with E-state index < -0.39 is 29.2 Å². The van der Waals surface area contributed by atoms with Gasteiger partial charge >= 0.3 is 6.18 Å². The Hall–Kier alpha value is -5.10. The van der Waals surface area contributed by atoms with Crippen molar-refractivity contribution in [1.82, 2.24) is 4.57 Å². The van der Waals surface area contributed by atoms with E-state index in [1.165, 1.54) is 16.7 Å². The first kappa shape index (κ1) is 29.9. The van der Waals surface area contributed by atoms with Crippen molar-refractivity contribution in [1.29, 1.82) is 0 Å². The van der Waals surface area contributed by atoms with E-state index >= 15 is 0 Å². The van der Waals surface area contributed by atoms with Crippen LogP contribution in [0, 0.1) is 13.8 Å². The molecule has 0 spiro atoms. The molecular formula is C33H26F3N3O5S. The molecule has 0 saturated carbocycles. The molecule has 230 valence electrons. The van der Waals surface area contributed by atoms with Gasteiger partial charge < -0.3 is 18.9 Å². The number of ether oxygens (including phenoxy) is 1. The molecule has 1 amide bonds. The van der Waals surface area contributed by atoms with E-state index in [-0.39, 0.29) is 17.9 Å². The Labute approximate surface area is 258 Å². The van der Waals surface area contributed by atoms with Gasteiger partial charge in [0.05, 0.1) is 21.4 Å². The number of fused-ring (bicyclic) bond motifs is 1. The number of aryl methyl sites for hydroxylation is 2. The number of allylic oxidation sites excluding steroid dienone is 1. The molecule has 0 radical (unpaired) electrons. The summed E-state index contributed by atoms with van der Waals surface area (Å²) in [4.78, 5) is 32.6. The van der Waals surface area contributed by atoms with Crippen molar-refractivity contribution < 1.29 is 31.5 Å². The van der Waals surface area contributed by atoms with Crippen LogP contribution < -0.4 is 24.9 Å². The number of nitrogens with one attached hydrogen (secondary N) is 1. The summed E-state index contributed by atoms with van der Waals surface area (Å²) in [6, 6.07) is 17.8. The van der Waals surface area contributed by atoms with E-state index in [1.807, 2.05) is 25.1 Å². The number of thiazole rings is 1. The van der Waals surface area contributed by atoms with Crippen LogP contribution in [0.2, 0.25) is 0 Å². The van der Waals surface area contributed by atoms with Crippen LogP contribution in [0.25, 0.3) is 6.08 Å². The second-order valence-electron chi connectivity index (χ2n) is 10.4. The van der Waals surface area contributed by atoms with Crippen LogP contribution in [0.15, 0.2) is 103 Å². The fraction of sp³-hybridized carbons (Fsp3) is 0.182. The Morgan fingerprint density at radius 3 is 2.58 bits per heavy atom. The molecule has 0 saturated heterocycles. The maximum atomic E-state index is 13.9. The van der Waals surface area contributed by atoms with Crippen molar-refractivity contribution in [3.8, 4) is 5.75 Å². The Kier molecular flexibility index (Phi) is 7.83. The molecular weight excluding hydrogens is 607 g/mol. The number of carbonyl (C=O) groups excluding carboxylic acids is 1. The van der Waals surface area contributed by atoms with Crippen molar-refractivity contribution in [2.45, 2.75) is 39.6 Å². The molecule has 0 unspecified atom stereocenters. The molecule has 45 heavy (non-hydrogen) atoms. The van der Waals surface area contributed by atoms with Crippen LogP contribution in [0.5, 0.6) is 5.75 Å². The predicted octanol–water partition coefficient (Wildman–Crippen LogP) is 6.27. The van der Waals surface area contributed by atoms with Gasteiger partial charge in [-0.3, -0.25) is 14.2 Å². The number of anilines is 1. The number of alkyl halides is 3. The number of hydrogen-bond donors (Lipinski definition) is 1. The van der Waals surface area contributed by atoms with Gasteiger partial charge in [-0.1, -0.05) is 35.6 Å². The summed E-state index contributed by atoms with van der Waals surface area (Å²) in [7, 11) is 0. The van der Waals surface area contributed by atoms with Crippen LogP contribution >= 0.6 is 11.3 Å². The summed E-state index contributed by atoms with van der Waals surface area (Å²) < 4.78 is 58.1. The van der Waals surface area contributed by atoms with E-state index in [2.05, 4.69) is 10.3 Å². The van der Waals surface area contributed by atoms with Gasteiger partial charge in [0.25, 0.3) is 11.5 Å². The van der Waals surface area contributed by atoms with E-state index in [0.29, 0.717) is 43.8 Å². The number of furan rings is 2. The average molecular weight is 634 g/mol. The van der Waals surface area contributed by atoms with Crippen molar-refractivity contribution in [2.75, 3.05) is 5.32 Å². The third kappa shape index (κ3) is 6.14. The Bertz CT molecular complexity index is 2130. The number of hydrogen-bond acceptors (Lipinski definition) is 7. The fourth-order valence-electron chi connectivity index (χ4n) is 4.98. The molecule has 1 atom stereocenters. The lowest BCUT2D eigenvalue weighted by Gasteiger charge is -2.23. The summed E-state index contributed by atoms with van der Waals surface area (Å²) in [6.07, 6.45) is -2.94. The summed E-state index contributed by atoms with van der Waals surface area (Å²) in [5.41, 5.74) is 1.03. The highest BCUT2D eigenvalue weighted by Gasteiger charge is 2.35. The van der Waals surface area contributed by atoms with Crippen molar-refractivity contribution in [3.63, 3.8) is 0 Å². The SMILES string of the molecule is CC1=C(C(=O)Nc2ccccc2C)[C@H](c2ccc(C)o2)n2c(s/c(=C/c3ccc(COc4cccc(C(F)(F)F)c4)o3)c2=O)=N1. The van der Waals surface area contributed by atoms with Gasteiger partial charge in [0.1, 0.15) is 41.4 Å². The number of halogens is 3. The molecule has 0 bridgehead atoms. The highest BCUT2D eigenvalue weighted by molar-refractivity contribution is 7.07. The summed E-state index contributed by atoms with van der Waals surface area (Å²) in [5.74, 6) is 1.35. The first-order chi connectivity index (χ1) is 21.5. The number of carbonyl (C=O) groups is 1. The molecule has 4 heterocycles. The van der Waals surface area contributed by atoms with Crippen LogP contribution in [0.4, 0.5) is 18.9 Å². The maximum Gasteiger partial charge on any atom is 0.416 e. The first-order valence-electron chi connectivity index (χ1n) is 13.8. The van der Waals surface area contributed by atoms with Crippen molar-refractivity contribution >= 4 is 29.0 Å². The van der Waals surface area contributed by atoms with Crippen LogP contribution in [-0.4, -0.2) is 10.5 Å². The number of nitrogens with zero attached hydrogens (tertiary/aromatic N) is 2. The number of para-hydroxylation sites is 1. The number of aromatic nitrogens is 1. The molecule has 5 aromatic rings. The highest BCUT2D eigenvalue weighted by Crippen LogP contribution is 2.33. The third-order valence-corrected chi connectivity index (χ3v) is 8.17. The molecule has 0 aliphatic carbocycles. The Morgan fingerprint density at radius 1 is 1.04 bits per heavy atom. The van der Waals surface area contributed by atoms with Crippen LogP contribution in [0.1, 0.15) is 47.1 Å². The van der Waals surface area contributed by atoms with Gasteiger partial charge in [0, 0.05) is 11.8 Å². The second kappa shape index (κ2) is 11.8. The predicted molar refractivity (Wildman–Crippen MR) is 162 cm³/mol. The lowest BCUT2D eigenvalue weighted by atomic mass is 10.00.